The molecule has 0 radical (unpaired) electrons. The molecule has 0 aliphatic heterocycles. The van der Waals surface area contributed by atoms with Gasteiger partial charge in [0.2, 0.25) is 0 Å². The maximum Gasteiger partial charge on any atom is 0.164 e. The van der Waals surface area contributed by atoms with Crippen LogP contribution in [0.15, 0.2) is 0 Å². The lowest BCUT2D eigenvalue weighted by Crippen LogP contribution is -2.32. The predicted molar refractivity (Wildman–Crippen MR) is 61.8 cm³/mol. The van der Waals surface area contributed by atoms with E-state index in [1.807, 2.05) is 0 Å². The van der Waals surface area contributed by atoms with Crippen molar-refractivity contribution >= 4 is 5.78 Å². The maximum absolute atomic E-state index is 12.1. The zero-order valence-corrected chi connectivity index (χ0v) is 10.3. The van der Waals surface area contributed by atoms with Crippen LogP contribution in [-0.2, 0) is 9.53 Å². The molecule has 0 aromatic rings. The van der Waals surface area contributed by atoms with Crippen molar-refractivity contribution in [2.45, 2.75) is 58.5 Å². The van der Waals surface area contributed by atoms with Crippen LogP contribution in [0.1, 0.15) is 52.4 Å². The lowest BCUT2D eigenvalue weighted by atomic mass is 9.79. The summed E-state index contributed by atoms with van der Waals surface area (Å²) in [5, 5.41) is 0. The van der Waals surface area contributed by atoms with Gasteiger partial charge in [-0.05, 0) is 25.2 Å². The molecule has 0 aromatic carbocycles. The van der Waals surface area contributed by atoms with Gasteiger partial charge in [0, 0.05) is 13.0 Å². The van der Waals surface area contributed by atoms with Gasteiger partial charge in [0.25, 0.3) is 0 Å². The number of ether oxygens (including phenoxy) is 1. The molecule has 1 unspecified atom stereocenters. The molecule has 1 rings (SSSR count). The molecule has 1 aliphatic rings. The number of ketones is 1. The van der Waals surface area contributed by atoms with E-state index in [0.717, 1.165) is 31.6 Å². The second-order valence-corrected chi connectivity index (χ2v) is 4.87. The fourth-order valence-corrected chi connectivity index (χ4v) is 2.45. The Labute approximate surface area is 93.4 Å². The summed E-state index contributed by atoms with van der Waals surface area (Å²) in [6.07, 6.45) is 6.31. The highest BCUT2D eigenvalue weighted by Crippen LogP contribution is 2.30. The van der Waals surface area contributed by atoms with E-state index in [0.29, 0.717) is 5.78 Å². The average Bonchev–Trinajstić information content (AvgIpc) is 2.26. The minimum absolute atomic E-state index is 0.145. The Balaban J connectivity index is 2.44. The van der Waals surface area contributed by atoms with E-state index >= 15 is 0 Å². The van der Waals surface area contributed by atoms with Gasteiger partial charge < -0.3 is 4.74 Å². The summed E-state index contributed by atoms with van der Waals surface area (Å²) >= 11 is 0. The second kappa shape index (κ2) is 6.26. The molecule has 2 nitrogen and oxygen atoms in total. The molecule has 15 heavy (non-hydrogen) atoms. The van der Waals surface area contributed by atoms with E-state index in [2.05, 4.69) is 13.8 Å². The zero-order chi connectivity index (χ0) is 11.3. The molecule has 88 valence electrons. The minimum atomic E-state index is -0.145. The zero-order valence-electron chi connectivity index (χ0n) is 10.3. The number of carbonyl (C=O) groups is 1. The average molecular weight is 212 g/mol. The lowest BCUT2D eigenvalue weighted by molar-refractivity contribution is -0.134. The lowest BCUT2D eigenvalue weighted by Gasteiger charge is -2.27. The Kier molecular flexibility index (Phi) is 5.30. The number of hydrogen-bond acceptors (Lipinski definition) is 2. The molecule has 1 aliphatic carbocycles. The van der Waals surface area contributed by atoms with Gasteiger partial charge in [0.15, 0.2) is 5.78 Å². The molecule has 1 saturated carbocycles. The van der Waals surface area contributed by atoms with Crippen molar-refractivity contribution < 1.29 is 9.53 Å². The van der Waals surface area contributed by atoms with Crippen LogP contribution in [0, 0.1) is 11.8 Å². The van der Waals surface area contributed by atoms with Crippen molar-refractivity contribution in [2.75, 3.05) is 7.11 Å². The molecule has 0 heterocycles. The fraction of sp³-hybridized carbons (Fsp3) is 0.923. The van der Waals surface area contributed by atoms with E-state index < -0.39 is 0 Å². The minimum Gasteiger partial charge on any atom is -0.374 e. The van der Waals surface area contributed by atoms with E-state index in [4.69, 9.17) is 4.74 Å². The summed E-state index contributed by atoms with van der Waals surface area (Å²) in [7, 11) is 1.66. The van der Waals surface area contributed by atoms with Gasteiger partial charge in [-0.25, -0.2) is 0 Å². The molecule has 0 aromatic heterocycles. The van der Waals surface area contributed by atoms with Crippen LogP contribution in [0.5, 0.6) is 0 Å². The van der Waals surface area contributed by atoms with Crippen LogP contribution in [0.3, 0.4) is 0 Å². The highest BCUT2D eigenvalue weighted by Gasteiger charge is 2.29. The van der Waals surface area contributed by atoms with Crippen LogP contribution in [-0.4, -0.2) is 19.0 Å². The summed E-state index contributed by atoms with van der Waals surface area (Å²) in [6.45, 7) is 4.38. The van der Waals surface area contributed by atoms with Gasteiger partial charge >= 0.3 is 0 Å². The normalized spacial score (nSPS) is 28.7. The predicted octanol–water partition coefficient (Wildman–Crippen LogP) is 3.20. The molecule has 0 bridgehead atoms. The first-order chi connectivity index (χ1) is 7.19. The second-order valence-electron chi connectivity index (χ2n) is 4.87. The molecule has 0 N–H and O–H groups in total. The van der Waals surface area contributed by atoms with Crippen molar-refractivity contribution in [3.05, 3.63) is 0 Å². The highest BCUT2D eigenvalue weighted by molar-refractivity contribution is 5.85. The van der Waals surface area contributed by atoms with Crippen molar-refractivity contribution in [1.29, 1.82) is 0 Å². The molecule has 0 spiro atoms. The molecule has 1 atom stereocenters. The molecule has 1 fully saturated rings. The van der Waals surface area contributed by atoms with Crippen LogP contribution in [0.25, 0.3) is 0 Å². The van der Waals surface area contributed by atoms with Gasteiger partial charge in [-0.2, -0.15) is 0 Å². The Hall–Kier alpha value is -0.370. The summed E-state index contributed by atoms with van der Waals surface area (Å²) in [6, 6.07) is 0. The van der Waals surface area contributed by atoms with Gasteiger partial charge in [0.1, 0.15) is 6.10 Å². The largest absolute Gasteiger partial charge is 0.374 e. The first kappa shape index (κ1) is 12.7. The topological polar surface area (TPSA) is 26.3 Å². The first-order valence-corrected chi connectivity index (χ1v) is 6.25. The number of carbonyl (C=O) groups excluding carboxylic acids is 1. The molecule has 0 saturated heterocycles. The molecule has 2 heteroatoms. The Morgan fingerprint density at radius 1 is 1.33 bits per heavy atom. The van der Waals surface area contributed by atoms with E-state index in [-0.39, 0.29) is 12.0 Å². The van der Waals surface area contributed by atoms with Gasteiger partial charge in [-0.3, -0.25) is 4.79 Å². The maximum atomic E-state index is 12.1. The third-order valence-electron chi connectivity index (χ3n) is 3.57. The number of Topliss-reactive ketones (excluding diaryl/α,β-unsaturated/α-hetero) is 1. The summed E-state index contributed by atoms with van der Waals surface area (Å²) in [5.74, 6) is 1.44. The van der Waals surface area contributed by atoms with Crippen molar-refractivity contribution in [3.8, 4) is 0 Å². The molecular formula is C13H24O2. The third kappa shape index (κ3) is 3.60. The fourth-order valence-electron chi connectivity index (χ4n) is 2.45. The highest BCUT2D eigenvalue weighted by atomic mass is 16.5. The van der Waals surface area contributed by atoms with Crippen molar-refractivity contribution in [2.24, 2.45) is 11.8 Å². The van der Waals surface area contributed by atoms with Crippen molar-refractivity contribution in [1.82, 2.24) is 0 Å². The van der Waals surface area contributed by atoms with Crippen LogP contribution < -0.4 is 0 Å². The Morgan fingerprint density at radius 2 is 1.93 bits per heavy atom. The van der Waals surface area contributed by atoms with Gasteiger partial charge in [0.05, 0.1) is 0 Å². The van der Waals surface area contributed by atoms with Gasteiger partial charge in [-0.1, -0.05) is 33.1 Å². The third-order valence-corrected chi connectivity index (χ3v) is 3.57. The summed E-state index contributed by atoms with van der Waals surface area (Å²) in [4.78, 5) is 12.1. The van der Waals surface area contributed by atoms with Gasteiger partial charge in [-0.15, -0.1) is 0 Å². The van der Waals surface area contributed by atoms with Crippen molar-refractivity contribution in [3.63, 3.8) is 0 Å². The van der Waals surface area contributed by atoms with Crippen LogP contribution in [0.2, 0.25) is 0 Å². The first-order valence-electron chi connectivity index (χ1n) is 6.25. The van der Waals surface area contributed by atoms with E-state index in [1.165, 1.54) is 12.8 Å². The SMILES string of the molecule is CCCC(OC)C(=O)C1CCC(C)CC1. The monoisotopic (exact) mass is 212 g/mol. The molecule has 0 amide bonds. The Bertz CT molecular complexity index is 193. The van der Waals surface area contributed by atoms with E-state index in [9.17, 15) is 4.79 Å². The quantitative estimate of drug-likeness (QED) is 0.699. The van der Waals surface area contributed by atoms with Crippen LogP contribution in [0.4, 0.5) is 0 Å². The molecular weight excluding hydrogens is 188 g/mol. The number of rotatable bonds is 5. The van der Waals surface area contributed by atoms with E-state index in [1.54, 1.807) is 7.11 Å². The Morgan fingerprint density at radius 3 is 2.40 bits per heavy atom. The standard InChI is InChI=1S/C13H24O2/c1-4-5-12(15-3)13(14)11-8-6-10(2)7-9-11/h10-12H,4-9H2,1-3H3. The van der Waals surface area contributed by atoms with Crippen LogP contribution >= 0.6 is 0 Å². The summed E-state index contributed by atoms with van der Waals surface area (Å²) in [5.41, 5.74) is 0. The number of hydrogen-bond donors (Lipinski definition) is 0. The smallest absolute Gasteiger partial charge is 0.164 e. The number of methoxy groups -OCH3 is 1. The summed E-state index contributed by atoms with van der Waals surface area (Å²) < 4.78 is 5.28.